The number of sulfonamides is 1. The van der Waals surface area contributed by atoms with Crippen molar-refractivity contribution in [2.24, 2.45) is 5.14 Å². The lowest BCUT2D eigenvalue weighted by Crippen LogP contribution is -2.28. The van der Waals surface area contributed by atoms with Crippen molar-refractivity contribution < 1.29 is 13.2 Å². The Morgan fingerprint density at radius 1 is 1.11 bits per heavy atom. The second-order valence-electron chi connectivity index (χ2n) is 6.03. The minimum Gasteiger partial charge on any atom is -0.349 e. The molecule has 27 heavy (non-hydrogen) atoms. The van der Waals surface area contributed by atoms with E-state index in [1.54, 1.807) is 12.1 Å². The summed E-state index contributed by atoms with van der Waals surface area (Å²) in [5.74, 6) is 0.114. The predicted molar refractivity (Wildman–Crippen MR) is 107 cm³/mol. The second-order valence-corrected chi connectivity index (χ2v) is 8.59. The number of nitrogens with two attached hydrogens (primary N) is 1. The van der Waals surface area contributed by atoms with Gasteiger partial charge in [-0.3, -0.25) is 4.79 Å². The molecule has 8 heteroatoms. The molecule has 2 aromatic carbocycles. The SMILES string of the molecule is C[C@@H](NC(=O)CSc1ccc2ccccc2n1)c1ccc(S(N)(=O)=O)cc1. The molecule has 0 aliphatic rings. The highest BCUT2D eigenvalue weighted by molar-refractivity contribution is 7.99. The first-order valence-electron chi connectivity index (χ1n) is 8.23. The Bertz CT molecular complexity index is 1070. The van der Waals surface area contributed by atoms with Crippen LogP contribution in [0.25, 0.3) is 10.9 Å². The number of nitrogens with one attached hydrogen (secondary N) is 1. The Labute approximate surface area is 162 Å². The van der Waals surface area contributed by atoms with Crippen LogP contribution in [0.15, 0.2) is 70.6 Å². The zero-order valence-electron chi connectivity index (χ0n) is 14.6. The number of benzene rings is 2. The van der Waals surface area contributed by atoms with Crippen molar-refractivity contribution >= 4 is 38.6 Å². The van der Waals surface area contributed by atoms with Gasteiger partial charge in [-0.15, -0.1) is 0 Å². The van der Waals surface area contributed by atoms with Crippen LogP contribution < -0.4 is 10.5 Å². The van der Waals surface area contributed by atoms with E-state index in [0.29, 0.717) is 0 Å². The van der Waals surface area contributed by atoms with Gasteiger partial charge >= 0.3 is 0 Å². The lowest BCUT2D eigenvalue weighted by atomic mass is 10.1. The fourth-order valence-corrected chi connectivity index (χ4v) is 3.78. The van der Waals surface area contributed by atoms with Crippen LogP contribution in [0.5, 0.6) is 0 Å². The lowest BCUT2D eigenvalue weighted by Gasteiger charge is -2.14. The van der Waals surface area contributed by atoms with E-state index < -0.39 is 10.0 Å². The molecule has 1 atom stereocenters. The number of primary sulfonamides is 1. The Morgan fingerprint density at radius 3 is 2.52 bits per heavy atom. The van der Waals surface area contributed by atoms with Crippen molar-refractivity contribution in [2.75, 3.05) is 5.75 Å². The summed E-state index contributed by atoms with van der Waals surface area (Å²) in [6.45, 7) is 1.84. The molecule has 1 amide bonds. The molecule has 0 aliphatic carbocycles. The molecule has 1 aromatic heterocycles. The van der Waals surface area contributed by atoms with Crippen molar-refractivity contribution in [1.82, 2.24) is 10.3 Å². The fraction of sp³-hybridized carbons (Fsp3) is 0.158. The van der Waals surface area contributed by atoms with Crippen LogP contribution in [0.4, 0.5) is 0 Å². The minimum absolute atomic E-state index is 0.0442. The van der Waals surface area contributed by atoms with Gasteiger partial charge in [-0.2, -0.15) is 0 Å². The number of aromatic nitrogens is 1. The topological polar surface area (TPSA) is 102 Å². The van der Waals surface area contributed by atoms with E-state index in [0.717, 1.165) is 21.5 Å². The summed E-state index contributed by atoms with van der Waals surface area (Å²) < 4.78 is 22.6. The van der Waals surface area contributed by atoms with Crippen molar-refractivity contribution in [1.29, 1.82) is 0 Å². The highest BCUT2D eigenvalue weighted by Crippen LogP contribution is 2.20. The summed E-state index contributed by atoms with van der Waals surface area (Å²) in [4.78, 5) is 16.8. The van der Waals surface area contributed by atoms with E-state index in [9.17, 15) is 13.2 Å². The minimum atomic E-state index is -3.72. The molecule has 1 heterocycles. The van der Waals surface area contributed by atoms with Crippen molar-refractivity contribution in [2.45, 2.75) is 22.9 Å². The molecule has 0 saturated heterocycles. The average molecular weight is 402 g/mol. The zero-order chi connectivity index (χ0) is 19.4. The number of carbonyl (C=O) groups excluding carboxylic acids is 1. The Kier molecular flexibility index (Phi) is 5.79. The van der Waals surface area contributed by atoms with Gasteiger partial charge in [0.25, 0.3) is 0 Å². The second kappa shape index (κ2) is 8.08. The third kappa shape index (κ3) is 5.06. The zero-order valence-corrected chi connectivity index (χ0v) is 16.3. The number of hydrogen-bond donors (Lipinski definition) is 2. The van der Waals surface area contributed by atoms with Gasteiger partial charge in [0.05, 0.1) is 27.2 Å². The number of carbonyl (C=O) groups is 1. The Morgan fingerprint density at radius 2 is 1.81 bits per heavy atom. The first kappa shape index (κ1) is 19.3. The average Bonchev–Trinajstić information content (AvgIpc) is 2.65. The van der Waals surface area contributed by atoms with Gasteiger partial charge in [-0.25, -0.2) is 18.5 Å². The summed E-state index contributed by atoms with van der Waals surface area (Å²) in [7, 11) is -3.72. The molecule has 0 spiro atoms. The molecule has 3 N–H and O–H groups in total. The van der Waals surface area contributed by atoms with E-state index in [1.165, 1.54) is 23.9 Å². The van der Waals surface area contributed by atoms with Crippen molar-refractivity contribution in [3.63, 3.8) is 0 Å². The van der Waals surface area contributed by atoms with Crippen molar-refractivity contribution in [3.8, 4) is 0 Å². The Balaban J connectivity index is 1.58. The number of para-hydroxylation sites is 1. The van der Waals surface area contributed by atoms with Crippen LogP contribution in [0, 0.1) is 0 Å². The lowest BCUT2D eigenvalue weighted by molar-refractivity contribution is -0.119. The van der Waals surface area contributed by atoms with Crippen LogP contribution in [0.1, 0.15) is 18.5 Å². The Hall–Kier alpha value is -2.42. The maximum Gasteiger partial charge on any atom is 0.238 e. The van der Waals surface area contributed by atoms with Crippen LogP contribution in [0.2, 0.25) is 0 Å². The molecular weight excluding hydrogens is 382 g/mol. The molecule has 0 aliphatic heterocycles. The maximum atomic E-state index is 12.2. The highest BCUT2D eigenvalue weighted by atomic mass is 32.2. The largest absolute Gasteiger partial charge is 0.349 e. The normalized spacial score (nSPS) is 12.7. The summed E-state index contributed by atoms with van der Waals surface area (Å²) in [5, 5.41) is 9.82. The van der Waals surface area contributed by atoms with Gasteiger partial charge in [0, 0.05) is 5.39 Å². The molecule has 0 radical (unpaired) electrons. The quantitative estimate of drug-likeness (QED) is 0.619. The van der Waals surface area contributed by atoms with Gasteiger partial charge in [0.15, 0.2) is 0 Å². The number of thioether (sulfide) groups is 1. The fourth-order valence-electron chi connectivity index (χ4n) is 2.58. The van der Waals surface area contributed by atoms with Gasteiger partial charge in [0.2, 0.25) is 15.9 Å². The number of fused-ring (bicyclic) bond motifs is 1. The molecule has 3 aromatic rings. The molecule has 0 bridgehead atoms. The number of rotatable bonds is 6. The smallest absolute Gasteiger partial charge is 0.238 e. The standard InChI is InChI=1S/C19H19N3O3S2/c1-13(14-6-9-16(10-7-14)27(20,24)25)21-18(23)12-26-19-11-8-15-4-2-3-5-17(15)22-19/h2-11,13H,12H2,1H3,(H,21,23)(H2,20,24,25)/t13-/m1/s1. The van der Waals surface area contributed by atoms with Gasteiger partial charge < -0.3 is 5.32 Å². The summed E-state index contributed by atoms with van der Waals surface area (Å²) in [6.07, 6.45) is 0. The molecule has 140 valence electrons. The molecule has 0 fully saturated rings. The first-order valence-corrected chi connectivity index (χ1v) is 10.8. The third-order valence-electron chi connectivity index (χ3n) is 4.01. The number of hydrogen-bond acceptors (Lipinski definition) is 5. The highest BCUT2D eigenvalue weighted by Gasteiger charge is 2.12. The van der Waals surface area contributed by atoms with Crippen LogP contribution in [-0.4, -0.2) is 25.1 Å². The summed E-state index contributed by atoms with van der Waals surface area (Å²) in [6, 6.07) is 17.6. The van der Waals surface area contributed by atoms with Gasteiger partial charge in [-0.05, 0) is 36.8 Å². The van der Waals surface area contributed by atoms with E-state index in [1.807, 2.05) is 43.3 Å². The van der Waals surface area contributed by atoms with Gasteiger partial charge in [-0.1, -0.05) is 48.2 Å². The van der Waals surface area contributed by atoms with E-state index in [-0.39, 0.29) is 22.6 Å². The predicted octanol–water partition coefficient (Wildman–Crippen LogP) is 2.85. The monoisotopic (exact) mass is 401 g/mol. The van der Waals surface area contributed by atoms with Crippen LogP contribution in [0.3, 0.4) is 0 Å². The molecule has 3 rings (SSSR count). The van der Waals surface area contributed by atoms with Crippen molar-refractivity contribution in [3.05, 3.63) is 66.2 Å². The summed E-state index contributed by atoms with van der Waals surface area (Å²) >= 11 is 1.37. The van der Waals surface area contributed by atoms with Crippen LogP contribution >= 0.6 is 11.8 Å². The molecular formula is C19H19N3O3S2. The van der Waals surface area contributed by atoms with E-state index in [2.05, 4.69) is 10.3 Å². The number of pyridine rings is 1. The number of nitrogens with zero attached hydrogens (tertiary/aromatic N) is 1. The molecule has 0 unspecified atom stereocenters. The first-order chi connectivity index (χ1) is 12.8. The van der Waals surface area contributed by atoms with Gasteiger partial charge in [0.1, 0.15) is 0 Å². The third-order valence-corrected chi connectivity index (χ3v) is 5.87. The molecule has 6 nitrogen and oxygen atoms in total. The van der Waals surface area contributed by atoms with E-state index in [4.69, 9.17) is 5.14 Å². The maximum absolute atomic E-state index is 12.2. The summed E-state index contributed by atoms with van der Waals surface area (Å²) in [5.41, 5.74) is 1.69. The van der Waals surface area contributed by atoms with Crippen LogP contribution in [-0.2, 0) is 14.8 Å². The number of amides is 1. The van der Waals surface area contributed by atoms with E-state index >= 15 is 0 Å². The molecule has 0 saturated carbocycles.